The Hall–Kier alpha value is -2.78. The van der Waals surface area contributed by atoms with E-state index in [4.69, 9.17) is 13.6 Å². The Morgan fingerprint density at radius 3 is 1.74 bits per heavy atom. The van der Waals surface area contributed by atoms with Gasteiger partial charge in [-0.1, -0.05) is 133 Å². The third kappa shape index (κ3) is 9.87. The molecule has 3 rings (SSSR count). The van der Waals surface area contributed by atoms with Crippen molar-refractivity contribution in [3.05, 3.63) is 109 Å². The Morgan fingerprint density at radius 2 is 1.26 bits per heavy atom. The van der Waals surface area contributed by atoms with Crippen molar-refractivity contribution in [2.24, 2.45) is 5.92 Å². The molecule has 0 bridgehead atoms. The monoisotopic (exact) mass is 658 g/mol. The van der Waals surface area contributed by atoms with Gasteiger partial charge in [-0.25, -0.2) is 4.79 Å². The van der Waals surface area contributed by atoms with Crippen molar-refractivity contribution in [2.75, 3.05) is 6.61 Å². The Kier molecular flexibility index (Phi) is 13.4. The lowest BCUT2D eigenvalue weighted by molar-refractivity contribution is 0.0276. The van der Waals surface area contributed by atoms with Crippen LogP contribution in [0.15, 0.2) is 103 Å². The van der Waals surface area contributed by atoms with Crippen LogP contribution in [0, 0.1) is 5.92 Å². The van der Waals surface area contributed by atoms with Crippen LogP contribution in [0.1, 0.15) is 85.0 Å². The predicted molar refractivity (Wildman–Crippen MR) is 199 cm³/mol. The zero-order valence-electron chi connectivity index (χ0n) is 30.0. The van der Waals surface area contributed by atoms with Gasteiger partial charge >= 0.3 is 5.97 Å². The van der Waals surface area contributed by atoms with E-state index in [1.807, 2.05) is 18.2 Å². The molecule has 6 heteroatoms. The smallest absolute Gasteiger partial charge is 0.338 e. The fourth-order valence-electron chi connectivity index (χ4n) is 5.67. The van der Waals surface area contributed by atoms with E-state index in [-0.39, 0.29) is 34.2 Å². The van der Waals surface area contributed by atoms with Gasteiger partial charge in [-0.05, 0) is 83.9 Å². The first-order valence-corrected chi connectivity index (χ1v) is 21.8. The Balaban J connectivity index is 1.79. The second kappa shape index (κ2) is 16.4. The third-order valence-corrected chi connectivity index (χ3v) is 19.2. The molecule has 0 fully saturated rings. The molecule has 46 heavy (non-hydrogen) atoms. The van der Waals surface area contributed by atoms with E-state index in [0.717, 1.165) is 19.4 Å². The highest BCUT2D eigenvalue weighted by atomic mass is 28.4. The lowest BCUT2D eigenvalue weighted by Crippen LogP contribution is -2.67. The molecule has 0 radical (unpaired) electrons. The van der Waals surface area contributed by atoms with E-state index < -0.39 is 16.6 Å². The molecule has 0 aliphatic rings. The zero-order chi connectivity index (χ0) is 34.0. The average Bonchev–Trinajstić information content (AvgIpc) is 3.01. The van der Waals surface area contributed by atoms with Crippen molar-refractivity contribution in [3.8, 4) is 0 Å². The molecule has 250 valence electrons. The summed E-state index contributed by atoms with van der Waals surface area (Å²) in [6.45, 7) is 23.4. The molecule has 0 spiro atoms. The second-order valence-electron chi connectivity index (χ2n) is 15.2. The van der Waals surface area contributed by atoms with Crippen LogP contribution in [-0.2, 0) is 13.6 Å². The molecule has 0 aliphatic carbocycles. The molecule has 3 aromatic carbocycles. The van der Waals surface area contributed by atoms with Gasteiger partial charge in [0.05, 0.1) is 5.56 Å². The van der Waals surface area contributed by atoms with Crippen molar-refractivity contribution in [1.29, 1.82) is 0 Å². The summed E-state index contributed by atoms with van der Waals surface area (Å²) in [5, 5.41) is 2.63. The zero-order valence-corrected chi connectivity index (χ0v) is 32.0. The Morgan fingerprint density at radius 1 is 0.761 bits per heavy atom. The van der Waals surface area contributed by atoms with Crippen molar-refractivity contribution in [3.63, 3.8) is 0 Å². The van der Waals surface area contributed by atoms with E-state index in [1.165, 1.54) is 10.4 Å². The maximum absolute atomic E-state index is 13.1. The van der Waals surface area contributed by atoms with E-state index in [1.54, 1.807) is 12.1 Å². The Labute approximate surface area is 281 Å². The predicted octanol–water partition coefficient (Wildman–Crippen LogP) is 9.56. The molecule has 3 aromatic rings. The highest BCUT2D eigenvalue weighted by Crippen LogP contribution is 2.38. The third-order valence-electron chi connectivity index (χ3n) is 9.47. The Bertz CT molecular complexity index is 1320. The molecule has 0 saturated carbocycles. The van der Waals surface area contributed by atoms with Crippen LogP contribution < -0.4 is 10.4 Å². The molecular weight excluding hydrogens is 601 g/mol. The number of carbonyl (C=O) groups excluding carboxylic acids is 1. The average molecular weight is 659 g/mol. The molecule has 0 aromatic heterocycles. The summed E-state index contributed by atoms with van der Waals surface area (Å²) < 4.78 is 19.8. The standard InChI is InChI=1S/C40H58O4Si2/c1-32(22-21-31-42-45(9,10)39(3,4)5)37(43-38(41)34-24-14-11-15-25-34)30-20-23-33(2)44-46(40(6,7)8,35-26-16-12-17-27-35)36-28-18-13-19-29-36/h11-20,24-30,32-33,37H,21-23,31H2,1-10H3/b30-20-/t32-,33-,37?/m0/s1. The maximum atomic E-state index is 13.1. The second-order valence-corrected chi connectivity index (χ2v) is 24.3. The van der Waals surface area contributed by atoms with Gasteiger partial charge in [0.15, 0.2) is 8.32 Å². The highest BCUT2D eigenvalue weighted by molar-refractivity contribution is 6.99. The van der Waals surface area contributed by atoms with E-state index in [0.29, 0.717) is 12.0 Å². The number of rotatable bonds is 15. The van der Waals surface area contributed by atoms with Crippen molar-refractivity contribution >= 4 is 33.0 Å². The molecule has 0 N–H and O–H groups in total. The van der Waals surface area contributed by atoms with Crippen molar-refractivity contribution in [2.45, 2.75) is 110 Å². The largest absolute Gasteiger partial charge is 0.454 e. The SMILES string of the molecule is C[C@@H](C/C=C\C(OC(=O)c1ccccc1)[C@@H](C)CCCO[Si](C)(C)C(C)(C)C)O[Si](c1ccccc1)(c1ccccc1)C(C)(C)C. The van der Waals surface area contributed by atoms with Gasteiger partial charge in [-0.15, -0.1) is 0 Å². The van der Waals surface area contributed by atoms with Gasteiger partial charge in [0.1, 0.15) is 6.10 Å². The minimum absolute atomic E-state index is 0.0404. The highest BCUT2D eigenvalue weighted by Gasteiger charge is 2.50. The summed E-state index contributed by atoms with van der Waals surface area (Å²) in [5.41, 5.74) is 0.567. The van der Waals surface area contributed by atoms with Crippen LogP contribution in [0.3, 0.4) is 0 Å². The fraction of sp³-hybridized carbons (Fsp3) is 0.475. The quantitative estimate of drug-likeness (QED) is 0.0706. The first-order valence-electron chi connectivity index (χ1n) is 16.9. The maximum Gasteiger partial charge on any atom is 0.338 e. The lowest BCUT2D eigenvalue weighted by Gasteiger charge is -2.44. The van der Waals surface area contributed by atoms with Crippen LogP contribution in [0.4, 0.5) is 0 Å². The summed E-state index contributed by atoms with van der Waals surface area (Å²) >= 11 is 0. The topological polar surface area (TPSA) is 44.8 Å². The molecular formula is C40H58O4Si2. The summed E-state index contributed by atoms with van der Waals surface area (Å²) in [6, 6.07) is 30.8. The van der Waals surface area contributed by atoms with E-state index >= 15 is 0 Å². The molecule has 0 aliphatic heterocycles. The molecule has 0 heterocycles. The fourth-order valence-corrected chi connectivity index (χ4v) is 11.5. The number of hydrogen-bond donors (Lipinski definition) is 0. The van der Waals surface area contributed by atoms with Gasteiger partial charge in [-0.2, -0.15) is 0 Å². The van der Waals surface area contributed by atoms with Gasteiger partial charge in [0, 0.05) is 12.7 Å². The van der Waals surface area contributed by atoms with Crippen molar-refractivity contribution in [1.82, 2.24) is 0 Å². The number of hydrogen-bond acceptors (Lipinski definition) is 4. The van der Waals surface area contributed by atoms with Crippen LogP contribution in [0.5, 0.6) is 0 Å². The van der Waals surface area contributed by atoms with Crippen molar-refractivity contribution < 1.29 is 18.4 Å². The normalized spacial score (nSPS) is 15.0. The minimum atomic E-state index is -2.66. The number of benzene rings is 3. The number of carbonyl (C=O) groups is 1. The van der Waals surface area contributed by atoms with Crippen LogP contribution in [-0.4, -0.2) is 41.4 Å². The minimum Gasteiger partial charge on any atom is -0.454 e. The van der Waals surface area contributed by atoms with Gasteiger partial charge in [-0.3, -0.25) is 0 Å². The van der Waals surface area contributed by atoms with Gasteiger partial charge < -0.3 is 13.6 Å². The molecule has 0 saturated heterocycles. The summed E-state index contributed by atoms with van der Waals surface area (Å²) in [4.78, 5) is 13.1. The molecule has 0 amide bonds. The summed E-state index contributed by atoms with van der Waals surface area (Å²) in [5.74, 6) is -0.156. The van der Waals surface area contributed by atoms with Gasteiger partial charge in [0.2, 0.25) is 0 Å². The first kappa shape index (κ1) is 37.7. The number of ether oxygens (including phenoxy) is 1. The van der Waals surface area contributed by atoms with Crippen LogP contribution >= 0.6 is 0 Å². The van der Waals surface area contributed by atoms with Crippen LogP contribution in [0.2, 0.25) is 23.2 Å². The lowest BCUT2D eigenvalue weighted by atomic mass is 9.98. The summed E-state index contributed by atoms with van der Waals surface area (Å²) in [7, 11) is -4.46. The first-order chi connectivity index (χ1) is 21.6. The molecule has 1 unspecified atom stereocenters. The van der Waals surface area contributed by atoms with Crippen LogP contribution in [0.25, 0.3) is 0 Å². The molecule has 3 atom stereocenters. The van der Waals surface area contributed by atoms with E-state index in [9.17, 15) is 4.79 Å². The summed E-state index contributed by atoms with van der Waals surface area (Å²) in [6.07, 6.45) is 6.38. The van der Waals surface area contributed by atoms with Gasteiger partial charge in [0.25, 0.3) is 8.32 Å². The van der Waals surface area contributed by atoms with E-state index in [2.05, 4.69) is 141 Å². The molecule has 4 nitrogen and oxygen atoms in total. The number of esters is 1.